The highest BCUT2D eigenvalue weighted by Gasteiger charge is 2.29. The summed E-state index contributed by atoms with van der Waals surface area (Å²) in [5.74, 6) is 1.33. The summed E-state index contributed by atoms with van der Waals surface area (Å²) in [6.45, 7) is 1.68. The van der Waals surface area contributed by atoms with E-state index < -0.39 is 0 Å². The molecule has 3 aromatic rings. The van der Waals surface area contributed by atoms with Crippen molar-refractivity contribution in [3.05, 3.63) is 47.9 Å². The summed E-state index contributed by atoms with van der Waals surface area (Å²) < 4.78 is 16.5. The molecule has 29 heavy (non-hydrogen) atoms. The zero-order valence-corrected chi connectivity index (χ0v) is 16.0. The molecule has 1 amide bonds. The van der Waals surface area contributed by atoms with Crippen LogP contribution in [0.5, 0.6) is 11.5 Å². The molecule has 0 bridgehead atoms. The van der Waals surface area contributed by atoms with Crippen LogP contribution in [0.2, 0.25) is 0 Å². The van der Waals surface area contributed by atoms with E-state index in [2.05, 4.69) is 16.2 Å². The minimum absolute atomic E-state index is 0.179. The maximum absolute atomic E-state index is 12.9. The smallest absolute Gasteiger partial charge is 0.293 e. The molecule has 0 N–H and O–H groups in total. The molecule has 1 saturated heterocycles. The zero-order valence-electron chi connectivity index (χ0n) is 16.0. The van der Waals surface area contributed by atoms with Crippen molar-refractivity contribution < 1.29 is 18.8 Å². The van der Waals surface area contributed by atoms with Crippen molar-refractivity contribution >= 4 is 16.9 Å². The standard InChI is InChI=1S/C21H20N4O4/c1-27-18-10-14(11-22)6-7-17(18)28-13-15-4-3-9-25(12-15)21(26)19-16-5-2-8-23-20(16)24-29-19/h2,5-8,10,15H,3-4,9,12-13H2,1H3. The number of hydrogen-bond acceptors (Lipinski definition) is 7. The molecule has 0 saturated carbocycles. The third-order valence-corrected chi connectivity index (χ3v) is 5.02. The quantitative estimate of drug-likeness (QED) is 0.658. The van der Waals surface area contributed by atoms with Gasteiger partial charge >= 0.3 is 0 Å². The van der Waals surface area contributed by atoms with Gasteiger partial charge in [0.15, 0.2) is 11.5 Å². The number of fused-ring (bicyclic) bond motifs is 1. The molecule has 1 atom stereocenters. The fourth-order valence-corrected chi connectivity index (χ4v) is 3.53. The number of nitriles is 1. The number of rotatable bonds is 5. The highest BCUT2D eigenvalue weighted by Crippen LogP contribution is 2.29. The number of ether oxygens (including phenoxy) is 2. The monoisotopic (exact) mass is 392 g/mol. The number of carbonyl (C=O) groups is 1. The maximum atomic E-state index is 12.9. The van der Waals surface area contributed by atoms with Crippen molar-refractivity contribution in [2.24, 2.45) is 5.92 Å². The molecule has 4 rings (SSSR count). The Morgan fingerprint density at radius 3 is 3.10 bits per heavy atom. The summed E-state index contributed by atoms with van der Waals surface area (Å²) in [6.07, 6.45) is 3.46. The Hall–Kier alpha value is -3.60. The van der Waals surface area contributed by atoms with Crippen LogP contribution >= 0.6 is 0 Å². The average Bonchev–Trinajstić information content (AvgIpc) is 3.21. The van der Waals surface area contributed by atoms with Crippen molar-refractivity contribution in [1.29, 1.82) is 5.26 Å². The number of likely N-dealkylation sites (tertiary alicyclic amines) is 1. The van der Waals surface area contributed by atoms with E-state index in [-0.39, 0.29) is 17.6 Å². The molecule has 8 heteroatoms. The van der Waals surface area contributed by atoms with Crippen molar-refractivity contribution in [2.45, 2.75) is 12.8 Å². The number of nitrogens with zero attached hydrogens (tertiary/aromatic N) is 4. The van der Waals surface area contributed by atoms with Gasteiger partial charge in [0.1, 0.15) is 0 Å². The molecule has 2 aromatic heterocycles. The second kappa shape index (κ2) is 8.19. The van der Waals surface area contributed by atoms with E-state index in [0.29, 0.717) is 47.8 Å². The van der Waals surface area contributed by atoms with E-state index in [9.17, 15) is 4.79 Å². The average molecular weight is 392 g/mol. The van der Waals surface area contributed by atoms with Crippen molar-refractivity contribution in [3.63, 3.8) is 0 Å². The summed E-state index contributed by atoms with van der Waals surface area (Å²) in [7, 11) is 1.54. The van der Waals surface area contributed by atoms with E-state index >= 15 is 0 Å². The van der Waals surface area contributed by atoms with Gasteiger partial charge in [-0.05, 0) is 37.1 Å². The third kappa shape index (κ3) is 3.85. The molecule has 1 fully saturated rings. The number of amides is 1. The molecule has 1 aliphatic rings. The molecule has 1 aliphatic heterocycles. The van der Waals surface area contributed by atoms with Crippen LogP contribution in [-0.2, 0) is 0 Å². The number of carbonyl (C=O) groups excluding carboxylic acids is 1. The Bertz CT molecular complexity index is 1070. The molecule has 1 unspecified atom stereocenters. The number of pyridine rings is 1. The molecular formula is C21H20N4O4. The van der Waals surface area contributed by atoms with Crippen molar-refractivity contribution in [2.75, 3.05) is 26.8 Å². The Balaban J connectivity index is 1.42. The predicted molar refractivity (Wildman–Crippen MR) is 104 cm³/mol. The summed E-state index contributed by atoms with van der Waals surface area (Å²) in [5.41, 5.74) is 0.943. The summed E-state index contributed by atoms with van der Waals surface area (Å²) in [5, 5.41) is 13.5. The Morgan fingerprint density at radius 2 is 2.28 bits per heavy atom. The van der Waals surface area contributed by atoms with Gasteiger partial charge in [0.05, 0.1) is 30.7 Å². The first-order valence-electron chi connectivity index (χ1n) is 9.40. The lowest BCUT2D eigenvalue weighted by molar-refractivity contribution is 0.0594. The molecule has 148 valence electrons. The molecule has 0 aliphatic carbocycles. The molecular weight excluding hydrogens is 372 g/mol. The SMILES string of the molecule is COc1cc(C#N)ccc1OCC1CCCN(C(=O)c2onc3ncccc23)C1. The van der Waals surface area contributed by atoms with Gasteiger partial charge in [0, 0.05) is 31.3 Å². The zero-order chi connectivity index (χ0) is 20.2. The molecule has 1 aromatic carbocycles. The van der Waals surface area contributed by atoms with Gasteiger partial charge in [-0.3, -0.25) is 4.79 Å². The Morgan fingerprint density at radius 1 is 1.38 bits per heavy atom. The van der Waals surface area contributed by atoms with Gasteiger partial charge in [-0.25, -0.2) is 4.98 Å². The van der Waals surface area contributed by atoms with E-state index in [1.54, 1.807) is 48.5 Å². The van der Waals surface area contributed by atoms with Crippen molar-refractivity contribution in [3.8, 4) is 17.6 Å². The Kier molecular flexibility index (Phi) is 5.29. The summed E-state index contributed by atoms with van der Waals surface area (Å²) >= 11 is 0. The first-order valence-corrected chi connectivity index (χ1v) is 9.40. The minimum atomic E-state index is -0.179. The van der Waals surface area contributed by atoms with Crippen LogP contribution < -0.4 is 9.47 Å². The van der Waals surface area contributed by atoms with Gasteiger partial charge in [0.2, 0.25) is 11.4 Å². The number of methoxy groups -OCH3 is 1. The Labute approximate surface area is 167 Å². The van der Waals surface area contributed by atoms with Crippen LogP contribution in [0.4, 0.5) is 0 Å². The largest absolute Gasteiger partial charge is 0.493 e. The summed E-state index contributed by atoms with van der Waals surface area (Å²) in [4.78, 5) is 18.8. The first-order chi connectivity index (χ1) is 14.2. The van der Waals surface area contributed by atoms with Crippen LogP contribution in [0, 0.1) is 17.2 Å². The number of hydrogen-bond donors (Lipinski definition) is 0. The van der Waals surface area contributed by atoms with Crippen molar-refractivity contribution in [1.82, 2.24) is 15.0 Å². The van der Waals surface area contributed by atoms with E-state index in [0.717, 1.165) is 12.8 Å². The van der Waals surface area contributed by atoms with Gasteiger partial charge in [-0.2, -0.15) is 5.26 Å². The fourth-order valence-electron chi connectivity index (χ4n) is 3.53. The van der Waals surface area contributed by atoms with Gasteiger partial charge in [-0.15, -0.1) is 0 Å². The molecule has 3 heterocycles. The minimum Gasteiger partial charge on any atom is -0.493 e. The first kappa shape index (κ1) is 18.7. The molecule has 0 spiro atoms. The lowest BCUT2D eigenvalue weighted by Gasteiger charge is -2.32. The molecule has 8 nitrogen and oxygen atoms in total. The number of benzene rings is 1. The second-order valence-electron chi connectivity index (χ2n) is 6.93. The van der Waals surface area contributed by atoms with Crippen LogP contribution in [0.15, 0.2) is 41.1 Å². The van der Waals surface area contributed by atoms with E-state index in [1.165, 1.54) is 0 Å². The maximum Gasteiger partial charge on any atom is 0.293 e. The predicted octanol–water partition coefficient (Wildman–Crippen LogP) is 3.03. The summed E-state index contributed by atoms with van der Waals surface area (Å²) in [6, 6.07) is 10.7. The normalized spacial score (nSPS) is 16.4. The van der Waals surface area contributed by atoms with Gasteiger partial charge < -0.3 is 18.9 Å². The number of aromatic nitrogens is 2. The second-order valence-corrected chi connectivity index (χ2v) is 6.93. The van der Waals surface area contributed by atoms with E-state index in [1.807, 2.05) is 0 Å². The van der Waals surface area contributed by atoms with Crippen LogP contribution in [-0.4, -0.2) is 47.8 Å². The van der Waals surface area contributed by atoms with Crippen LogP contribution in [0.3, 0.4) is 0 Å². The van der Waals surface area contributed by atoms with E-state index in [4.69, 9.17) is 19.3 Å². The lowest BCUT2D eigenvalue weighted by Crippen LogP contribution is -2.41. The fraction of sp³-hybridized carbons (Fsp3) is 0.333. The van der Waals surface area contributed by atoms with Crippen LogP contribution in [0.1, 0.15) is 29.0 Å². The molecule has 0 radical (unpaired) electrons. The third-order valence-electron chi connectivity index (χ3n) is 5.02. The van der Waals surface area contributed by atoms with Gasteiger partial charge in [0.25, 0.3) is 5.91 Å². The number of piperidine rings is 1. The topological polar surface area (TPSA) is 101 Å². The highest BCUT2D eigenvalue weighted by molar-refractivity contribution is 6.02. The lowest BCUT2D eigenvalue weighted by atomic mass is 9.98. The highest BCUT2D eigenvalue weighted by atomic mass is 16.5. The van der Waals surface area contributed by atoms with Crippen LogP contribution in [0.25, 0.3) is 11.0 Å². The van der Waals surface area contributed by atoms with Gasteiger partial charge in [-0.1, -0.05) is 5.16 Å².